The van der Waals surface area contributed by atoms with E-state index in [1.807, 2.05) is 18.0 Å². The summed E-state index contributed by atoms with van der Waals surface area (Å²) < 4.78 is 46.0. The van der Waals surface area contributed by atoms with Crippen LogP contribution in [-0.2, 0) is 13.5 Å². The van der Waals surface area contributed by atoms with Crippen LogP contribution in [0.25, 0.3) is 0 Å². The number of benzene rings is 1. The standard InChI is InChI=1S/C16H19F3N4OS/c1-22-14-7-11(8-21-25-2)10-23(15(14)9-20-22)12-3-5-13(6-4-12)24-16(17,18)19/h3-6,9,11,21H,7-8,10H2,1-2H3. The smallest absolute Gasteiger partial charge is 0.406 e. The first-order valence-corrected chi connectivity index (χ1v) is 9.00. The number of hydrogen-bond acceptors (Lipinski definition) is 5. The quantitative estimate of drug-likeness (QED) is 0.814. The highest BCUT2D eigenvalue weighted by Crippen LogP contribution is 2.36. The number of aryl methyl sites for hydroxylation is 1. The highest BCUT2D eigenvalue weighted by molar-refractivity contribution is 7.96. The van der Waals surface area contributed by atoms with Gasteiger partial charge in [0.15, 0.2) is 0 Å². The molecule has 9 heteroatoms. The van der Waals surface area contributed by atoms with E-state index in [1.54, 1.807) is 30.3 Å². The van der Waals surface area contributed by atoms with Gasteiger partial charge in [-0.15, -0.1) is 13.2 Å². The van der Waals surface area contributed by atoms with Crippen molar-refractivity contribution in [3.63, 3.8) is 0 Å². The molecule has 0 radical (unpaired) electrons. The maximum Gasteiger partial charge on any atom is 0.573 e. The van der Waals surface area contributed by atoms with E-state index in [9.17, 15) is 13.2 Å². The molecule has 0 spiro atoms. The average Bonchev–Trinajstić information content (AvgIpc) is 2.93. The number of nitrogens with one attached hydrogen (secondary N) is 1. The van der Waals surface area contributed by atoms with Crippen LogP contribution >= 0.6 is 11.9 Å². The summed E-state index contributed by atoms with van der Waals surface area (Å²) in [4.78, 5) is 2.09. The number of nitrogens with zero attached hydrogens (tertiary/aromatic N) is 3. The van der Waals surface area contributed by atoms with Gasteiger partial charge in [0.2, 0.25) is 0 Å². The fourth-order valence-electron chi connectivity index (χ4n) is 3.02. The molecule has 0 saturated heterocycles. The van der Waals surface area contributed by atoms with Gasteiger partial charge in [0.05, 0.1) is 17.6 Å². The van der Waals surface area contributed by atoms with E-state index in [-0.39, 0.29) is 5.75 Å². The Morgan fingerprint density at radius 3 is 2.68 bits per heavy atom. The molecule has 1 N–H and O–H groups in total. The number of halogens is 3. The molecule has 1 unspecified atom stereocenters. The van der Waals surface area contributed by atoms with Crippen LogP contribution in [0, 0.1) is 5.92 Å². The van der Waals surface area contributed by atoms with Gasteiger partial charge in [0.25, 0.3) is 0 Å². The number of hydrogen-bond donors (Lipinski definition) is 1. The lowest BCUT2D eigenvalue weighted by atomic mass is 9.96. The number of alkyl halides is 3. The van der Waals surface area contributed by atoms with Crippen molar-refractivity contribution in [2.24, 2.45) is 13.0 Å². The first-order chi connectivity index (χ1) is 11.9. The van der Waals surface area contributed by atoms with Crippen molar-refractivity contribution in [2.75, 3.05) is 24.2 Å². The number of rotatable bonds is 5. The van der Waals surface area contributed by atoms with Crippen molar-refractivity contribution in [1.29, 1.82) is 0 Å². The fraction of sp³-hybridized carbons (Fsp3) is 0.438. The zero-order valence-corrected chi connectivity index (χ0v) is 14.7. The third-order valence-corrected chi connectivity index (χ3v) is 4.61. The van der Waals surface area contributed by atoms with E-state index in [0.717, 1.165) is 36.6 Å². The Hall–Kier alpha value is -1.87. The lowest BCUT2D eigenvalue weighted by molar-refractivity contribution is -0.274. The molecule has 25 heavy (non-hydrogen) atoms. The van der Waals surface area contributed by atoms with Crippen LogP contribution in [0.5, 0.6) is 5.75 Å². The van der Waals surface area contributed by atoms with Gasteiger partial charge in [-0.3, -0.25) is 9.40 Å². The van der Waals surface area contributed by atoms with Crippen molar-refractivity contribution < 1.29 is 17.9 Å². The van der Waals surface area contributed by atoms with Crippen molar-refractivity contribution >= 4 is 23.3 Å². The minimum Gasteiger partial charge on any atom is -0.406 e. The Labute approximate surface area is 148 Å². The van der Waals surface area contributed by atoms with Gasteiger partial charge in [0, 0.05) is 25.8 Å². The number of anilines is 2. The van der Waals surface area contributed by atoms with Crippen molar-refractivity contribution in [1.82, 2.24) is 14.5 Å². The monoisotopic (exact) mass is 372 g/mol. The predicted octanol–water partition coefficient (Wildman–Crippen LogP) is 3.50. The molecule has 0 aliphatic carbocycles. The van der Waals surface area contributed by atoms with Crippen molar-refractivity contribution in [2.45, 2.75) is 12.8 Å². The minimum atomic E-state index is -4.68. The fourth-order valence-corrected chi connectivity index (χ4v) is 3.42. The highest BCUT2D eigenvalue weighted by atomic mass is 32.2. The number of ether oxygens (including phenoxy) is 1. The molecule has 0 fully saturated rings. The summed E-state index contributed by atoms with van der Waals surface area (Å²) in [6.45, 7) is 1.61. The van der Waals surface area contributed by atoms with Gasteiger partial charge in [0.1, 0.15) is 5.75 Å². The van der Waals surface area contributed by atoms with Gasteiger partial charge in [-0.05, 0) is 42.9 Å². The van der Waals surface area contributed by atoms with Crippen LogP contribution < -0.4 is 14.4 Å². The second-order valence-electron chi connectivity index (χ2n) is 5.88. The van der Waals surface area contributed by atoms with Crippen LogP contribution in [0.4, 0.5) is 24.5 Å². The summed E-state index contributed by atoms with van der Waals surface area (Å²) >= 11 is 1.57. The highest BCUT2D eigenvalue weighted by Gasteiger charge is 2.31. The molecule has 0 saturated carbocycles. The van der Waals surface area contributed by atoms with E-state index >= 15 is 0 Å². The van der Waals surface area contributed by atoms with E-state index < -0.39 is 6.36 Å². The van der Waals surface area contributed by atoms with Crippen LogP contribution in [0.3, 0.4) is 0 Å². The molecule has 1 atom stereocenters. The minimum absolute atomic E-state index is 0.222. The Morgan fingerprint density at radius 2 is 2.04 bits per heavy atom. The summed E-state index contributed by atoms with van der Waals surface area (Å²) in [6, 6.07) is 5.95. The zero-order chi connectivity index (χ0) is 18.0. The molecule has 1 aromatic carbocycles. The maximum atomic E-state index is 12.3. The van der Waals surface area contributed by atoms with E-state index in [1.165, 1.54) is 12.1 Å². The molecule has 0 bridgehead atoms. The van der Waals surface area contributed by atoms with Gasteiger partial charge >= 0.3 is 6.36 Å². The molecule has 136 valence electrons. The van der Waals surface area contributed by atoms with Gasteiger partial charge < -0.3 is 9.64 Å². The first kappa shape index (κ1) is 17.9. The molecule has 2 aromatic rings. The van der Waals surface area contributed by atoms with Gasteiger partial charge in [-0.25, -0.2) is 0 Å². The normalized spacial score (nSPS) is 17.5. The maximum absolute atomic E-state index is 12.3. The van der Waals surface area contributed by atoms with Gasteiger partial charge in [-0.2, -0.15) is 5.10 Å². The Kier molecular flexibility index (Phi) is 5.14. The lowest BCUT2D eigenvalue weighted by Gasteiger charge is -2.34. The largest absolute Gasteiger partial charge is 0.573 e. The summed E-state index contributed by atoms with van der Waals surface area (Å²) in [5.74, 6) is 0.154. The SMILES string of the molecule is CSNCC1Cc2c(cnn2C)N(c2ccc(OC(F)(F)F)cc2)C1. The molecule has 0 amide bonds. The molecule has 1 aromatic heterocycles. The van der Waals surface area contributed by atoms with Crippen LogP contribution in [0.1, 0.15) is 5.69 Å². The summed E-state index contributed by atoms with van der Waals surface area (Å²) in [5.41, 5.74) is 2.93. The summed E-state index contributed by atoms with van der Waals surface area (Å²) in [5, 5.41) is 4.33. The molecular formula is C16H19F3N4OS. The van der Waals surface area contributed by atoms with Crippen molar-refractivity contribution in [3.05, 3.63) is 36.2 Å². The second kappa shape index (κ2) is 7.17. The van der Waals surface area contributed by atoms with E-state index in [0.29, 0.717) is 5.92 Å². The van der Waals surface area contributed by atoms with Crippen molar-refractivity contribution in [3.8, 4) is 5.75 Å². The van der Waals surface area contributed by atoms with E-state index in [4.69, 9.17) is 0 Å². The topological polar surface area (TPSA) is 42.3 Å². The summed E-state index contributed by atoms with van der Waals surface area (Å²) in [7, 11) is 1.90. The molecular weight excluding hydrogens is 353 g/mol. The molecule has 5 nitrogen and oxygen atoms in total. The lowest BCUT2D eigenvalue weighted by Crippen LogP contribution is -2.36. The predicted molar refractivity (Wildman–Crippen MR) is 92.1 cm³/mol. The second-order valence-corrected chi connectivity index (χ2v) is 6.57. The Morgan fingerprint density at radius 1 is 1.32 bits per heavy atom. The van der Waals surface area contributed by atoms with Crippen LogP contribution in [0.2, 0.25) is 0 Å². The Bertz CT molecular complexity index is 717. The number of aromatic nitrogens is 2. The molecule has 1 aliphatic heterocycles. The average molecular weight is 372 g/mol. The number of fused-ring (bicyclic) bond motifs is 1. The first-order valence-electron chi connectivity index (χ1n) is 7.77. The molecule has 1 aliphatic rings. The third-order valence-electron chi connectivity index (χ3n) is 4.15. The van der Waals surface area contributed by atoms with Gasteiger partial charge in [-0.1, -0.05) is 11.9 Å². The van der Waals surface area contributed by atoms with Crippen LogP contribution in [0.15, 0.2) is 30.5 Å². The van der Waals surface area contributed by atoms with Crippen LogP contribution in [-0.4, -0.2) is 35.5 Å². The zero-order valence-electron chi connectivity index (χ0n) is 13.9. The van der Waals surface area contributed by atoms with E-state index in [2.05, 4.69) is 19.5 Å². The molecule has 2 heterocycles. The third kappa shape index (κ3) is 4.21. The summed E-state index contributed by atoms with van der Waals surface area (Å²) in [6.07, 6.45) is 0.00601. The Balaban J connectivity index is 1.84. The molecule has 3 rings (SSSR count).